The van der Waals surface area contributed by atoms with E-state index in [1.54, 1.807) is 0 Å². The Morgan fingerprint density at radius 2 is 1.48 bits per heavy atom. The number of hydrogen-bond acceptors (Lipinski definition) is 3. The number of likely N-dealkylation sites (tertiary alicyclic amines) is 1. The molecule has 1 amide bonds. The molecule has 0 atom stereocenters. The lowest BCUT2D eigenvalue weighted by molar-refractivity contribution is -0.0125. The Bertz CT molecular complexity index is 841. The molecule has 4 heteroatoms. The van der Waals surface area contributed by atoms with Gasteiger partial charge in [-0.1, -0.05) is 60.7 Å². The normalized spacial score (nSPS) is 23.6. The van der Waals surface area contributed by atoms with Crippen molar-refractivity contribution in [2.24, 2.45) is 5.41 Å². The van der Waals surface area contributed by atoms with Gasteiger partial charge in [-0.25, -0.2) is 4.79 Å². The van der Waals surface area contributed by atoms with Gasteiger partial charge in [0.25, 0.3) is 0 Å². The maximum absolute atomic E-state index is 12.7. The minimum Gasteiger partial charge on any atom is -0.444 e. The summed E-state index contributed by atoms with van der Waals surface area (Å²) < 4.78 is 5.68. The van der Waals surface area contributed by atoms with Crippen molar-refractivity contribution in [1.82, 2.24) is 9.80 Å². The van der Waals surface area contributed by atoms with Crippen molar-refractivity contribution in [2.75, 3.05) is 13.1 Å². The van der Waals surface area contributed by atoms with Gasteiger partial charge in [0, 0.05) is 32.2 Å². The summed E-state index contributed by atoms with van der Waals surface area (Å²) in [6, 6.07) is 22.3. The summed E-state index contributed by atoms with van der Waals surface area (Å²) in [6.45, 7) is 9.49. The third-order valence-electron chi connectivity index (χ3n) is 7.30. The van der Waals surface area contributed by atoms with Crippen LogP contribution in [0.5, 0.6) is 0 Å². The molecule has 1 saturated carbocycles. The Hall–Kier alpha value is -2.33. The largest absolute Gasteiger partial charge is 0.444 e. The molecule has 2 aromatic rings. The molecule has 1 aliphatic carbocycles. The van der Waals surface area contributed by atoms with Crippen molar-refractivity contribution >= 4 is 6.09 Å². The van der Waals surface area contributed by atoms with E-state index in [9.17, 15) is 4.79 Å². The Morgan fingerprint density at radius 1 is 0.939 bits per heavy atom. The highest BCUT2D eigenvalue weighted by atomic mass is 16.6. The SMILES string of the molecule is CC(C)(C)OC(=O)N1CCCC2(CCC(N(Cc3ccccc3)Cc3ccccc3)CC2)C1. The second-order valence-corrected chi connectivity index (χ2v) is 11.1. The first kappa shape index (κ1) is 23.8. The summed E-state index contributed by atoms with van der Waals surface area (Å²) in [7, 11) is 0. The van der Waals surface area contributed by atoms with Gasteiger partial charge >= 0.3 is 6.09 Å². The van der Waals surface area contributed by atoms with Crippen LogP contribution in [0.3, 0.4) is 0 Å². The molecular weight excluding hydrogens is 408 g/mol. The van der Waals surface area contributed by atoms with Crippen molar-refractivity contribution in [3.63, 3.8) is 0 Å². The maximum Gasteiger partial charge on any atom is 0.410 e. The van der Waals surface area contributed by atoms with Crippen LogP contribution in [0.2, 0.25) is 0 Å². The molecule has 0 radical (unpaired) electrons. The maximum atomic E-state index is 12.7. The number of benzene rings is 2. The van der Waals surface area contributed by atoms with E-state index in [-0.39, 0.29) is 11.5 Å². The van der Waals surface area contributed by atoms with Crippen LogP contribution in [0.25, 0.3) is 0 Å². The van der Waals surface area contributed by atoms with Gasteiger partial charge in [-0.15, -0.1) is 0 Å². The lowest BCUT2D eigenvalue weighted by Gasteiger charge is -2.48. The van der Waals surface area contributed by atoms with E-state index in [2.05, 4.69) is 65.6 Å². The fourth-order valence-electron chi connectivity index (χ4n) is 5.63. The zero-order valence-electron chi connectivity index (χ0n) is 20.6. The number of hydrogen-bond donors (Lipinski definition) is 0. The summed E-state index contributed by atoms with van der Waals surface area (Å²) in [5, 5.41) is 0. The molecule has 0 aromatic heterocycles. The number of carbonyl (C=O) groups is 1. The highest BCUT2D eigenvalue weighted by Gasteiger charge is 2.42. The Balaban J connectivity index is 1.41. The fraction of sp³-hybridized carbons (Fsp3) is 0.552. The van der Waals surface area contributed by atoms with Crippen LogP contribution in [0, 0.1) is 5.41 Å². The van der Waals surface area contributed by atoms with Crippen LogP contribution in [-0.2, 0) is 17.8 Å². The molecule has 33 heavy (non-hydrogen) atoms. The molecule has 0 bridgehead atoms. The van der Waals surface area contributed by atoms with E-state index in [0.717, 1.165) is 32.6 Å². The lowest BCUT2D eigenvalue weighted by atomic mass is 9.67. The minimum absolute atomic E-state index is 0.140. The first-order chi connectivity index (χ1) is 15.8. The van der Waals surface area contributed by atoms with Crippen molar-refractivity contribution < 1.29 is 9.53 Å². The van der Waals surface area contributed by atoms with Crippen LogP contribution >= 0.6 is 0 Å². The predicted molar refractivity (Wildman–Crippen MR) is 134 cm³/mol. The molecule has 2 fully saturated rings. The van der Waals surface area contributed by atoms with E-state index >= 15 is 0 Å². The van der Waals surface area contributed by atoms with E-state index in [4.69, 9.17) is 4.74 Å². The van der Waals surface area contributed by atoms with Gasteiger partial charge in [-0.2, -0.15) is 0 Å². The molecule has 1 heterocycles. The molecule has 4 rings (SSSR count). The summed E-state index contributed by atoms with van der Waals surface area (Å²) in [6.07, 6.45) is 6.95. The number of ether oxygens (including phenoxy) is 1. The van der Waals surface area contributed by atoms with E-state index in [1.807, 2.05) is 25.7 Å². The van der Waals surface area contributed by atoms with Gasteiger partial charge in [0.2, 0.25) is 0 Å². The monoisotopic (exact) mass is 448 g/mol. The molecule has 0 N–H and O–H groups in total. The van der Waals surface area contributed by atoms with Gasteiger partial charge in [-0.05, 0) is 75.8 Å². The number of carbonyl (C=O) groups excluding carboxylic acids is 1. The van der Waals surface area contributed by atoms with Gasteiger partial charge < -0.3 is 9.64 Å². The van der Waals surface area contributed by atoms with Crippen molar-refractivity contribution in [2.45, 2.75) is 84.0 Å². The molecule has 0 unspecified atom stereocenters. The molecule has 2 aliphatic rings. The van der Waals surface area contributed by atoms with Crippen molar-refractivity contribution in [1.29, 1.82) is 0 Å². The number of rotatable bonds is 5. The quantitative estimate of drug-likeness (QED) is 0.513. The number of amides is 1. The van der Waals surface area contributed by atoms with Gasteiger partial charge in [0.05, 0.1) is 0 Å². The topological polar surface area (TPSA) is 32.8 Å². The molecule has 4 nitrogen and oxygen atoms in total. The third kappa shape index (κ3) is 6.60. The molecule has 1 aliphatic heterocycles. The Labute approximate surface area is 199 Å². The first-order valence-electron chi connectivity index (χ1n) is 12.6. The lowest BCUT2D eigenvalue weighted by Crippen LogP contribution is -2.50. The molecule has 1 spiro atoms. The first-order valence-corrected chi connectivity index (χ1v) is 12.6. The van der Waals surface area contributed by atoms with E-state index in [1.165, 1.54) is 43.2 Å². The average Bonchev–Trinajstić information content (AvgIpc) is 2.80. The van der Waals surface area contributed by atoms with Crippen molar-refractivity contribution in [3.8, 4) is 0 Å². The molecular formula is C29H40N2O2. The number of nitrogens with zero attached hydrogens (tertiary/aromatic N) is 2. The second kappa shape index (κ2) is 10.3. The molecule has 178 valence electrons. The van der Waals surface area contributed by atoms with Crippen LogP contribution in [0.1, 0.15) is 70.4 Å². The van der Waals surface area contributed by atoms with Crippen LogP contribution in [0.4, 0.5) is 4.79 Å². The smallest absolute Gasteiger partial charge is 0.410 e. The standard InChI is InChI=1S/C29H40N2O2/c1-28(2,3)33-27(32)30-20-10-17-29(23-30)18-15-26(16-19-29)31(21-24-11-6-4-7-12-24)22-25-13-8-5-9-14-25/h4-9,11-14,26H,10,15-23H2,1-3H3. The highest BCUT2D eigenvalue weighted by Crippen LogP contribution is 2.45. The summed E-state index contributed by atoms with van der Waals surface area (Å²) in [5.41, 5.74) is 2.58. The average molecular weight is 449 g/mol. The second-order valence-electron chi connectivity index (χ2n) is 11.1. The molecule has 1 saturated heterocycles. The summed E-state index contributed by atoms with van der Waals surface area (Å²) >= 11 is 0. The fourth-order valence-corrected chi connectivity index (χ4v) is 5.63. The van der Waals surface area contributed by atoms with Crippen molar-refractivity contribution in [3.05, 3.63) is 71.8 Å². The van der Waals surface area contributed by atoms with Gasteiger partial charge in [0.15, 0.2) is 0 Å². The summed E-state index contributed by atoms with van der Waals surface area (Å²) in [4.78, 5) is 17.4. The summed E-state index contributed by atoms with van der Waals surface area (Å²) in [5.74, 6) is 0. The highest BCUT2D eigenvalue weighted by molar-refractivity contribution is 5.68. The van der Waals surface area contributed by atoms with E-state index < -0.39 is 5.60 Å². The predicted octanol–water partition coefficient (Wildman–Crippen LogP) is 6.65. The Morgan fingerprint density at radius 3 is 2.00 bits per heavy atom. The molecule has 2 aromatic carbocycles. The van der Waals surface area contributed by atoms with Gasteiger partial charge in [0.1, 0.15) is 5.60 Å². The van der Waals surface area contributed by atoms with Crippen LogP contribution < -0.4 is 0 Å². The number of piperidine rings is 1. The minimum atomic E-state index is -0.436. The zero-order chi connectivity index (χ0) is 23.3. The van der Waals surface area contributed by atoms with E-state index in [0.29, 0.717) is 6.04 Å². The van der Waals surface area contributed by atoms with Gasteiger partial charge in [-0.3, -0.25) is 4.90 Å². The Kier molecular flexibility index (Phi) is 7.43. The zero-order valence-corrected chi connectivity index (χ0v) is 20.6. The van der Waals surface area contributed by atoms with Crippen LogP contribution in [0.15, 0.2) is 60.7 Å². The third-order valence-corrected chi connectivity index (χ3v) is 7.30. The van der Waals surface area contributed by atoms with Crippen LogP contribution in [-0.4, -0.2) is 40.6 Å².